The summed E-state index contributed by atoms with van der Waals surface area (Å²) in [4.78, 5) is 29.0. The number of carbonyl (C=O) groups is 1. The molecular formula is C32H39FN6O4S. The van der Waals surface area contributed by atoms with Crippen LogP contribution in [-0.4, -0.2) is 87.9 Å². The van der Waals surface area contributed by atoms with Crippen LogP contribution >= 0.6 is 0 Å². The van der Waals surface area contributed by atoms with E-state index >= 15 is 4.39 Å². The van der Waals surface area contributed by atoms with Crippen LogP contribution in [0.25, 0.3) is 22.0 Å². The van der Waals surface area contributed by atoms with Crippen LogP contribution < -0.4 is 14.5 Å². The van der Waals surface area contributed by atoms with Crippen LogP contribution in [0.3, 0.4) is 0 Å². The number of likely N-dealkylation sites (tertiary alicyclic amines) is 1. The third-order valence-electron chi connectivity index (χ3n) is 10.1. The summed E-state index contributed by atoms with van der Waals surface area (Å²) in [7, 11) is -0.239. The van der Waals surface area contributed by atoms with Crippen molar-refractivity contribution in [1.29, 1.82) is 0 Å². The maximum Gasteiger partial charge on any atom is 0.237 e. The number of rotatable bonds is 6. The van der Waals surface area contributed by atoms with Gasteiger partial charge < -0.3 is 19.4 Å². The van der Waals surface area contributed by atoms with Crippen LogP contribution in [0.2, 0.25) is 0 Å². The minimum Gasteiger partial charge on any atom is -0.381 e. The quantitative estimate of drug-likeness (QED) is 0.434. The molecule has 3 fully saturated rings. The van der Waals surface area contributed by atoms with Gasteiger partial charge in [-0.25, -0.2) is 17.8 Å². The average Bonchev–Trinajstić information content (AvgIpc) is 3.22. The van der Waals surface area contributed by atoms with Crippen LogP contribution in [0.15, 0.2) is 30.6 Å². The van der Waals surface area contributed by atoms with Gasteiger partial charge in [-0.15, -0.1) is 0 Å². The van der Waals surface area contributed by atoms with E-state index in [-0.39, 0.29) is 17.6 Å². The van der Waals surface area contributed by atoms with Crippen molar-refractivity contribution in [2.24, 2.45) is 0 Å². The molecule has 3 aliphatic heterocycles. The summed E-state index contributed by atoms with van der Waals surface area (Å²) in [5.41, 5.74) is 2.33. The van der Waals surface area contributed by atoms with Crippen LogP contribution in [-0.2, 0) is 25.0 Å². The zero-order valence-corrected chi connectivity index (χ0v) is 26.3. The molecule has 12 heteroatoms. The number of fused-ring (bicyclic) bond motifs is 4. The lowest BCUT2D eigenvalue weighted by Crippen LogP contribution is -2.51. The number of likely N-dealkylation sites (N-methyl/N-ethyl adjacent to an activating group) is 1. The molecule has 44 heavy (non-hydrogen) atoms. The second-order valence-electron chi connectivity index (χ2n) is 12.9. The fraction of sp³-hybridized carbons (Fsp3) is 0.531. The zero-order valence-electron chi connectivity index (χ0n) is 25.5. The molecule has 1 N–H and O–H groups in total. The summed E-state index contributed by atoms with van der Waals surface area (Å²) in [5, 5.41) is 0.702. The molecule has 1 amide bonds. The number of halogens is 1. The van der Waals surface area contributed by atoms with E-state index in [1.54, 1.807) is 43.6 Å². The molecule has 1 aromatic carbocycles. The van der Waals surface area contributed by atoms with E-state index in [0.717, 1.165) is 56.5 Å². The number of nitrogens with zero attached hydrogens (tertiary/aromatic N) is 5. The van der Waals surface area contributed by atoms with Crippen molar-refractivity contribution >= 4 is 44.0 Å². The Bertz CT molecular complexity index is 1730. The summed E-state index contributed by atoms with van der Waals surface area (Å²) in [6.07, 6.45) is 11.2. The molecule has 1 aliphatic carbocycles. The molecule has 1 spiro atoms. The summed E-state index contributed by atoms with van der Waals surface area (Å²) in [6, 6.07) is 5.31. The lowest BCUT2D eigenvalue weighted by molar-refractivity contribution is -0.131. The van der Waals surface area contributed by atoms with E-state index in [1.807, 2.05) is 0 Å². The van der Waals surface area contributed by atoms with Crippen LogP contribution in [0.4, 0.5) is 21.6 Å². The second-order valence-corrected chi connectivity index (χ2v) is 14.6. The van der Waals surface area contributed by atoms with E-state index < -0.39 is 21.3 Å². The van der Waals surface area contributed by atoms with Gasteiger partial charge in [-0.05, 0) is 63.7 Å². The first-order valence-electron chi connectivity index (χ1n) is 15.5. The predicted octanol–water partition coefficient (Wildman–Crippen LogP) is 4.29. The second kappa shape index (κ2) is 10.9. The molecule has 3 aromatic rings. The Morgan fingerprint density at radius 1 is 1.02 bits per heavy atom. The monoisotopic (exact) mass is 622 g/mol. The van der Waals surface area contributed by atoms with Gasteiger partial charge in [0.1, 0.15) is 5.82 Å². The van der Waals surface area contributed by atoms with Gasteiger partial charge in [0, 0.05) is 67.6 Å². The van der Waals surface area contributed by atoms with Crippen molar-refractivity contribution in [3.05, 3.63) is 42.0 Å². The summed E-state index contributed by atoms with van der Waals surface area (Å²) < 4.78 is 48.8. The highest BCUT2D eigenvalue weighted by atomic mass is 32.2. The van der Waals surface area contributed by atoms with Crippen molar-refractivity contribution in [2.45, 2.75) is 62.5 Å². The van der Waals surface area contributed by atoms with Gasteiger partial charge in [0.05, 0.1) is 40.9 Å². The number of amides is 1. The van der Waals surface area contributed by atoms with Crippen molar-refractivity contribution in [3.63, 3.8) is 0 Å². The zero-order chi connectivity index (χ0) is 30.8. The van der Waals surface area contributed by atoms with E-state index in [4.69, 9.17) is 9.72 Å². The van der Waals surface area contributed by atoms with Gasteiger partial charge in [0.25, 0.3) is 0 Å². The number of anilines is 3. The largest absolute Gasteiger partial charge is 0.381 e. The van der Waals surface area contributed by atoms with Gasteiger partial charge in [0.15, 0.2) is 5.82 Å². The molecular weight excluding hydrogens is 583 g/mol. The van der Waals surface area contributed by atoms with E-state index in [2.05, 4.69) is 19.5 Å². The van der Waals surface area contributed by atoms with Gasteiger partial charge in [-0.1, -0.05) is 6.42 Å². The summed E-state index contributed by atoms with van der Waals surface area (Å²) in [6.45, 7) is 3.82. The smallest absolute Gasteiger partial charge is 0.237 e. The Hall–Kier alpha value is -3.35. The number of aromatic nitrogens is 2. The third kappa shape index (κ3) is 4.91. The Morgan fingerprint density at radius 3 is 2.43 bits per heavy atom. The average molecular weight is 623 g/mol. The number of pyridine rings is 2. The first kappa shape index (κ1) is 29.4. The molecule has 2 saturated heterocycles. The molecule has 234 valence electrons. The highest BCUT2D eigenvalue weighted by Gasteiger charge is 2.58. The van der Waals surface area contributed by atoms with Crippen molar-refractivity contribution in [2.75, 3.05) is 61.1 Å². The Kier molecular flexibility index (Phi) is 7.29. The molecule has 4 aliphatic rings. The Labute approximate surface area is 257 Å². The Balaban J connectivity index is 1.26. The molecule has 0 radical (unpaired) electrons. The number of hydrogen-bond donors (Lipinski definition) is 1. The van der Waals surface area contributed by atoms with E-state index in [0.29, 0.717) is 46.9 Å². The number of carbonyl (C=O) groups excluding carboxylic acids is 1. The third-order valence-corrected chi connectivity index (χ3v) is 10.7. The number of benzene rings is 1. The van der Waals surface area contributed by atoms with Gasteiger partial charge in [-0.3, -0.25) is 14.5 Å². The number of sulfonamides is 1. The van der Waals surface area contributed by atoms with Crippen molar-refractivity contribution in [1.82, 2.24) is 14.9 Å². The molecule has 1 saturated carbocycles. The van der Waals surface area contributed by atoms with Crippen molar-refractivity contribution in [3.8, 4) is 11.1 Å². The molecule has 10 nitrogen and oxygen atoms in total. The van der Waals surface area contributed by atoms with E-state index in [9.17, 15) is 13.2 Å². The van der Waals surface area contributed by atoms with E-state index in [1.165, 1.54) is 25.3 Å². The standard InChI is InChI=1S/C32H39FN6O4S/c1-37-28-19-34-26-15-25(33)23(14-24(26)29(28)32(31(37)40)16-22(17-32)43-2)20-13-27(36-44(3,41)42)30(35-18-20)39-11-7-21(8-12-39)38-9-5-4-6-10-38/h13-15,18-19,21-22,36H,4-12,16-17H2,1-3H3/t22-,32+. The topological polar surface area (TPSA) is 108 Å². The molecule has 0 atom stereocenters. The SMILES string of the molecule is CO[C@H]1C[C@]2(C1)C(=O)N(C)c1cnc3cc(F)c(-c4cnc(N5CCC(N6CCCCC6)CC5)c(NS(C)(=O)=O)c4)cc3c12. The van der Waals surface area contributed by atoms with Gasteiger partial charge >= 0.3 is 0 Å². The lowest BCUT2D eigenvalue weighted by Gasteiger charge is -2.43. The van der Waals surface area contributed by atoms with Crippen molar-refractivity contribution < 1.29 is 22.3 Å². The summed E-state index contributed by atoms with van der Waals surface area (Å²) in [5.74, 6) is 0.0456. The summed E-state index contributed by atoms with van der Waals surface area (Å²) >= 11 is 0. The normalized spacial score (nSPS) is 24.6. The molecule has 0 bridgehead atoms. The maximum absolute atomic E-state index is 15.7. The predicted molar refractivity (Wildman–Crippen MR) is 169 cm³/mol. The fourth-order valence-electron chi connectivity index (χ4n) is 7.84. The first-order valence-corrected chi connectivity index (χ1v) is 17.4. The van der Waals surface area contributed by atoms with Gasteiger partial charge in [0.2, 0.25) is 15.9 Å². The maximum atomic E-state index is 15.7. The number of piperidine rings is 2. The Morgan fingerprint density at radius 2 is 1.75 bits per heavy atom. The fourth-order valence-corrected chi connectivity index (χ4v) is 8.39. The number of methoxy groups -OCH3 is 1. The molecule has 2 aromatic heterocycles. The van der Waals surface area contributed by atoms with Crippen LogP contribution in [0.1, 0.15) is 50.5 Å². The number of hydrogen-bond acceptors (Lipinski definition) is 8. The minimum atomic E-state index is -3.63. The lowest BCUT2D eigenvalue weighted by atomic mass is 9.62. The number of ether oxygens (including phenoxy) is 1. The highest BCUT2D eigenvalue weighted by molar-refractivity contribution is 7.92. The molecule has 0 unspecified atom stereocenters. The number of nitrogens with one attached hydrogen (secondary N) is 1. The first-order chi connectivity index (χ1) is 21.1. The highest BCUT2D eigenvalue weighted by Crippen LogP contribution is 2.56. The van der Waals surface area contributed by atoms with Crippen LogP contribution in [0, 0.1) is 5.82 Å². The van der Waals surface area contributed by atoms with Gasteiger partial charge in [-0.2, -0.15) is 0 Å². The molecule has 7 rings (SSSR count). The molecule has 5 heterocycles. The van der Waals surface area contributed by atoms with Crippen LogP contribution in [0.5, 0.6) is 0 Å². The minimum absolute atomic E-state index is 0.00399.